The zero-order chi connectivity index (χ0) is 22.3. The minimum absolute atomic E-state index is 0.120. The second-order valence-electron chi connectivity index (χ2n) is 8.63. The molecule has 166 valence electrons. The summed E-state index contributed by atoms with van der Waals surface area (Å²) in [6, 6.07) is 13.3. The monoisotopic (exact) mass is 434 g/mol. The van der Waals surface area contributed by atoms with E-state index in [9.17, 15) is 9.59 Å². The van der Waals surface area contributed by atoms with Crippen LogP contribution in [0.1, 0.15) is 34.3 Å². The van der Waals surface area contributed by atoms with Crippen molar-refractivity contribution in [2.24, 2.45) is 5.41 Å². The fourth-order valence-electron chi connectivity index (χ4n) is 5.14. The molecule has 2 heterocycles. The first-order valence-electron chi connectivity index (χ1n) is 10.9. The lowest BCUT2D eigenvalue weighted by atomic mass is 9.70. The number of rotatable bonds is 5. The van der Waals surface area contributed by atoms with E-state index in [1.807, 2.05) is 41.3 Å². The Hall–Kier alpha value is -3.23. The lowest BCUT2D eigenvalue weighted by molar-refractivity contribution is -0.126. The fourth-order valence-corrected chi connectivity index (χ4v) is 5.14. The zero-order valence-electron chi connectivity index (χ0n) is 18.0. The molecule has 0 unspecified atom stereocenters. The summed E-state index contributed by atoms with van der Waals surface area (Å²) in [5.74, 6) is 0.284. The summed E-state index contributed by atoms with van der Waals surface area (Å²) in [6.45, 7) is 1.80. The van der Waals surface area contributed by atoms with Gasteiger partial charge in [-0.3, -0.25) is 19.7 Å². The van der Waals surface area contributed by atoms with Crippen LogP contribution < -0.4 is 10.4 Å². The normalized spacial score (nSPS) is 20.2. The van der Waals surface area contributed by atoms with Crippen molar-refractivity contribution in [3.05, 3.63) is 59.2 Å². The highest BCUT2D eigenvalue weighted by Gasteiger charge is 2.49. The minimum Gasteiger partial charge on any atom is -0.383 e. The topological polar surface area (TPSA) is 96.7 Å². The van der Waals surface area contributed by atoms with Crippen molar-refractivity contribution in [2.45, 2.75) is 32.2 Å². The van der Waals surface area contributed by atoms with Gasteiger partial charge in [0.25, 0.3) is 5.91 Å². The summed E-state index contributed by atoms with van der Waals surface area (Å²) in [7, 11) is 1.67. The van der Waals surface area contributed by atoms with Crippen LogP contribution in [-0.2, 0) is 28.9 Å². The molecule has 2 N–H and O–H groups in total. The highest BCUT2D eigenvalue weighted by atomic mass is 16.5. The van der Waals surface area contributed by atoms with E-state index < -0.39 is 11.3 Å². The number of carbonyl (C=O) groups excluding carboxylic acids is 2. The van der Waals surface area contributed by atoms with Crippen LogP contribution in [0.3, 0.4) is 0 Å². The van der Waals surface area contributed by atoms with Gasteiger partial charge in [0.15, 0.2) is 0 Å². The molecule has 8 heteroatoms. The maximum Gasteiger partial charge on any atom is 0.274 e. The zero-order valence-corrected chi connectivity index (χ0v) is 18.0. The number of ether oxygens (including phenoxy) is 1. The lowest BCUT2D eigenvalue weighted by Crippen LogP contribution is -2.39. The molecular formula is C24H26N4O4. The molecule has 1 aromatic heterocycles. The maximum atomic E-state index is 13.8. The number of imidazole rings is 1. The number of aromatic nitrogens is 2. The van der Waals surface area contributed by atoms with Crippen LogP contribution in [0, 0.1) is 5.41 Å². The Kier molecular flexibility index (Phi) is 5.19. The summed E-state index contributed by atoms with van der Waals surface area (Å²) in [5.41, 5.74) is 5.68. The van der Waals surface area contributed by atoms with Gasteiger partial charge in [0.05, 0.1) is 23.1 Å². The molecule has 1 saturated heterocycles. The van der Waals surface area contributed by atoms with Crippen LogP contribution in [0.4, 0.5) is 5.95 Å². The molecule has 1 aliphatic carbocycles. The van der Waals surface area contributed by atoms with Crippen LogP contribution in [0.2, 0.25) is 0 Å². The highest BCUT2D eigenvalue weighted by molar-refractivity contribution is 6.00. The van der Waals surface area contributed by atoms with Crippen molar-refractivity contribution in [1.29, 1.82) is 0 Å². The predicted molar refractivity (Wildman–Crippen MR) is 119 cm³/mol. The number of hydrogen-bond donors (Lipinski definition) is 2. The number of benzene rings is 2. The van der Waals surface area contributed by atoms with E-state index >= 15 is 0 Å². The molecule has 1 spiro atoms. The van der Waals surface area contributed by atoms with Gasteiger partial charge in [-0.15, -0.1) is 0 Å². The summed E-state index contributed by atoms with van der Waals surface area (Å²) in [5, 5.41) is 8.90. The number of amides is 2. The fraction of sp³-hybridized carbons (Fsp3) is 0.375. The highest BCUT2D eigenvalue weighted by Crippen LogP contribution is 2.45. The van der Waals surface area contributed by atoms with E-state index in [0.29, 0.717) is 37.6 Å². The van der Waals surface area contributed by atoms with E-state index in [4.69, 9.17) is 14.9 Å². The van der Waals surface area contributed by atoms with Crippen molar-refractivity contribution in [2.75, 3.05) is 25.2 Å². The molecule has 1 aliphatic heterocycles. The molecular weight excluding hydrogens is 408 g/mol. The molecule has 2 aromatic carbocycles. The smallest absolute Gasteiger partial charge is 0.274 e. The van der Waals surface area contributed by atoms with Gasteiger partial charge < -0.3 is 9.30 Å². The largest absolute Gasteiger partial charge is 0.383 e. The molecule has 5 rings (SSSR count). The molecule has 0 saturated carbocycles. The number of aryl methyl sites for hydroxylation is 1. The van der Waals surface area contributed by atoms with E-state index in [-0.39, 0.29) is 5.91 Å². The lowest BCUT2D eigenvalue weighted by Gasteiger charge is -2.33. The third kappa shape index (κ3) is 3.27. The van der Waals surface area contributed by atoms with Crippen molar-refractivity contribution >= 4 is 28.8 Å². The SMILES string of the molecule is COCCn1c(N2CC[C@]3(CCc4cc(C(=O)NO)ccc4C3)C2=O)nc2ccccc21. The molecule has 32 heavy (non-hydrogen) atoms. The number of carbonyl (C=O) groups is 2. The molecule has 2 aliphatic rings. The third-order valence-corrected chi connectivity index (χ3v) is 6.88. The first-order valence-corrected chi connectivity index (χ1v) is 10.9. The number of nitrogens with zero attached hydrogens (tertiary/aromatic N) is 3. The number of hydrogen-bond acceptors (Lipinski definition) is 5. The Morgan fingerprint density at radius 3 is 2.88 bits per heavy atom. The van der Waals surface area contributed by atoms with Crippen LogP contribution in [0.25, 0.3) is 11.0 Å². The maximum absolute atomic E-state index is 13.8. The van der Waals surface area contributed by atoms with Gasteiger partial charge in [0.1, 0.15) is 0 Å². The van der Waals surface area contributed by atoms with Gasteiger partial charge >= 0.3 is 0 Å². The molecule has 8 nitrogen and oxygen atoms in total. The molecule has 2 amide bonds. The van der Waals surface area contributed by atoms with Crippen molar-refractivity contribution in [1.82, 2.24) is 15.0 Å². The number of fused-ring (bicyclic) bond motifs is 2. The Morgan fingerprint density at radius 2 is 2.06 bits per heavy atom. The van der Waals surface area contributed by atoms with Crippen molar-refractivity contribution < 1.29 is 19.5 Å². The van der Waals surface area contributed by atoms with Crippen LogP contribution in [0.5, 0.6) is 0 Å². The number of nitrogens with one attached hydrogen (secondary N) is 1. The number of methoxy groups -OCH3 is 1. The van der Waals surface area contributed by atoms with Crippen LogP contribution >= 0.6 is 0 Å². The Labute approximate surface area is 185 Å². The Morgan fingerprint density at radius 1 is 1.22 bits per heavy atom. The summed E-state index contributed by atoms with van der Waals surface area (Å²) in [6.07, 6.45) is 2.88. The van der Waals surface area contributed by atoms with Crippen LogP contribution in [-0.4, -0.2) is 46.8 Å². The Bertz CT molecular complexity index is 1200. The standard InChI is InChI=1S/C24H26N4O4/c1-32-13-12-27-20-5-3-2-4-19(20)25-23(27)28-11-10-24(22(28)30)9-8-16-14-17(21(29)26-31)6-7-18(16)15-24/h2-7,14,31H,8-13,15H2,1H3,(H,26,29)/t24-/m0/s1. The van der Waals surface area contributed by atoms with Gasteiger partial charge in [-0.1, -0.05) is 18.2 Å². The summed E-state index contributed by atoms with van der Waals surface area (Å²) < 4.78 is 7.37. The third-order valence-electron chi connectivity index (χ3n) is 6.88. The average molecular weight is 434 g/mol. The second-order valence-corrected chi connectivity index (χ2v) is 8.63. The van der Waals surface area contributed by atoms with Crippen molar-refractivity contribution in [3.63, 3.8) is 0 Å². The van der Waals surface area contributed by atoms with Gasteiger partial charge in [-0.25, -0.2) is 10.5 Å². The quantitative estimate of drug-likeness (QED) is 0.475. The molecule has 1 fully saturated rings. The second kappa shape index (κ2) is 8.03. The molecule has 3 aromatic rings. The average Bonchev–Trinajstić information content (AvgIpc) is 3.34. The summed E-state index contributed by atoms with van der Waals surface area (Å²) >= 11 is 0. The molecule has 0 bridgehead atoms. The van der Waals surface area contributed by atoms with Gasteiger partial charge in [0.2, 0.25) is 11.9 Å². The van der Waals surface area contributed by atoms with E-state index in [1.54, 1.807) is 18.7 Å². The van der Waals surface area contributed by atoms with Crippen molar-refractivity contribution in [3.8, 4) is 0 Å². The summed E-state index contributed by atoms with van der Waals surface area (Å²) in [4.78, 5) is 32.1. The first kappa shape index (κ1) is 20.7. The number of hydroxylamine groups is 1. The molecule has 0 radical (unpaired) electrons. The van der Waals surface area contributed by atoms with E-state index in [0.717, 1.165) is 41.4 Å². The van der Waals surface area contributed by atoms with Gasteiger partial charge in [-0.05, 0) is 61.1 Å². The predicted octanol–water partition coefficient (Wildman–Crippen LogP) is 2.71. The Balaban J connectivity index is 1.45. The number of para-hydroxylation sites is 2. The number of anilines is 1. The first-order chi connectivity index (χ1) is 15.6. The van der Waals surface area contributed by atoms with E-state index in [2.05, 4.69) is 4.57 Å². The van der Waals surface area contributed by atoms with Gasteiger partial charge in [0, 0.05) is 25.8 Å². The van der Waals surface area contributed by atoms with Crippen LogP contribution in [0.15, 0.2) is 42.5 Å². The van der Waals surface area contributed by atoms with Gasteiger partial charge in [-0.2, -0.15) is 0 Å². The minimum atomic E-state index is -0.522. The molecule has 1 atom stereocenters. The van der Waals surface area contributed by atoms with E-state index in [1.165, 1.54) is 0 Å².